The highest BCUT2D eigenvalue weighted by Gasteiger charge is 2.21. The zero-order valence-electron chi connectivity index (χ0n) is 10.5. The quantitative estimate of drug-likeness (QED) is 0.831. The van der Waals surface area contributed by atoms with E-state index in [1.54, 1.807) is 0 Å². The molecule has 0 aliphatic heterocycles. The van der Waals surface area contributed by atoms with Crippen molar-refractivity contribution in [2.45, 2.75) is 39.5 Å². The molecule has 0 fully saturated rings. The number of carbonyl (C=O) groups excluding carboxylic acids is 1. The van der Waals surface area contributed by atoms with Gasteiger partial charge in [0.2, 0.25) is 5.91 Å². The third kappa shape index (κ3) is 2.84. The fourth-order valence-corrected chi connectivity index (χ4v) is 1.97. The zero-order chi connectivity index (χ0) is 12.3. The van der Waals surface area contributed by atoms with Crippen molar-refractivity contribution >= 4 is 5.91 Å². The summed E-state index contributed by atoms with van der Waals surface area (Å²) in [6.07, 6.45) is 0. The molecule has 0 aromatic heterocycles. The summed E-state index contributed by atoms with van der Waals surface area (Å²) in [6.45, 7) is 8.35. The second-order valence-corrected chi connectivity index (χ2v) is 4.95. The Morgan fingerprint density at radius 2 is 1.44 bits per heavy atom. The first-order valence-electron chi connectivity index (χ1n) is 5.82. The molecule has 0 saturated carbocycles. The van der Waals surface area contributed by atoms with Gasteiger partial charge in [-0.25, -0.2) is 0 Å². The minimum absolute atomic E-state index is 0.179. The molecular formula is C14H21NO. The number of hydrogen-bond acceptors (Lipinski definition) is 1. The Morgan fingerprint density at radius 1 is 1.00 bits per heavy atom. The second kappa shape index (κ2) is 5.15. The molecule has 0 spiro atoms. The molecule has 2 N–H and O–H groups in total. The Hall–Kier alpha value is -1.31. The number of hydrogen-bond donors (Lipinski definition) is 1. The Morgan fingerprint density at radius 3 is 1.75 bits per heavy atom. The molecule has 0 heterocycles. The fraction of sp³-hybridized carbons (Fsp3) is 0.500. The molecule has 1 unspecified atom stereocenters. The zero-order valence-corrected chi connectivity index (χ0v) is 10.5. The van der Waals surface area contributed by atoms with Gasteiger partial charge in [0, 0.05) is 0 Å². The van der Waals surface area contributed by atoms with E-state index in [2.05, 4.69) is 26.0 Å². The second-order valence-electron chi connectivity index (χ2n) is 4.95. The standard InChI is InChI=1S/C14H21NO/c1-9(2)11-5-7-12(8-6-11)13(10(3)4)14(15)16/h5-10,13H,1-4H3,(H2,15,16). The highest BCUT2D eigenvalue weighted by Crippen LogP contribution is 2.25. The summed E-state index contributed by atoms with van der Waals surface area (Å²) in [5, 5.41) is 0. The molecular weight excluding hydrogens is 198 g/mol. The van der Waals surface area contributed by atoms with E-state index in [0.717, 1.165) is 5.56 Å². The number of rotatable bonds is 4. The maximum Gasteiger partial charge on any atom is 0.225 e. The predicted molar refractivity (Wildman–Crippen MR) is 67.3 cm³/mol. The lowest BCUT2D eigenvalue weighted by Gasteiger charge is -2.18. The maximum atomic E-state index is 11.4. The van der Waals surface area contributed by atoms with Gasteiger partial charge in [-0.05, 0) is 23.0 Å². The van der Waals surface area contributed by atoms with Crippen LogP contribution < -0.4 is 5.73 Å². The van der Waals surface area contributed by atoms with Crippen LogP contribution in [-0.4, -0.2) is 5.91 Å². The molecule has 1 amide bonds. The first-order valence-corrected chi connectivity index (χ1v) is 5.82. The van der Waals surface area contributed by atoms with Gasteiger partial charge < -0.3 is 5.73 Å². The van der Waals surface area contributed by atoms with Gasteiger partial charge in [0.25, 0.3) is 0 Å². The van der Waals surface area contributed by atoms with Crippen molar-refractivity contribution in [3.8, 4) is 0 Å². The first-order chi connectivity index (χ1) is 7.43. The van der Waals surface area contributed by atoms with Crippen LogP contribution in [0.2, 0.25) is 0 Å². The third-order valence-corrected chi connectivity index (χ3v) is 2.94. The van der Waals surface area contributed by atoms with Crippen LogP contribution in [0.25, 0.3) is 0 Å². The van der Waals surface area contributed by atoms with E-state index in [1.807, 2.05) is 26.0 Å². The fourth-order valence-electron chi connectivity index (χ4n) is 1.97. The number of benzene rings is 1. The van der Waals surface area contributed by atoms with Gasteiger partial charge in [0.1, 0.15) is 0 Å². The van der Waals surface area contributed by atoms with Gasteiger partial charge in [0.05, 0.1) is 5.92 Å². The number of primary amides is 1. The van der Waals surface area contributed by atoms with E-state index in [0.29, 0.717) is 5.92 Å². The first kappa shape index (κ1) is 12.8. The molecule has 88 valence electrons. The molecule has 0 aliphatic carbocycles. The SMILES string of the molecule is CC(C)c1ccc(C(C(N)=O)C(C)C)cc1. The van der Waals surface area contributed by atoms with E-state index in [-0.39, 0.29) is 17.7 Å². The highest BCUT2D eigenvalue weighted by molar-refractivity contribution is 5.82. The largest absolute Gasteiger partial charge is 0.369 e. The minimum Gasteiger partial charge on any atom is -0.369 e. The smallest absolute Gasteiger partial charge is 0.225 e. The van der Waals surface area contributed by atoms with Crippen molar-refractivity contribution in [1.82, 2.24) is 0 Å². The lowest BCUT2D eigenvalue weighted by molar-refractivity contribution is -0.120. The van der Waals surface area contributed by atoms with Gasteiger partial charge in [0.15, 0.2) is 0 Å². The van der Waals surface area contributed by atoms with Crippen LogP contribution in [0.4, 0.5) is 0 Å². The van der Waals surface area contributed by atoms with Crippen molar-refractivity contribution in [1.29, 1.82) is 0 Å². The topological polar surface area (TPSA) is 43.1 Å². The Bertz CT molecular complexity index is 352. The summed E-state index contributed by atoms with van der Waals surface area (Å²) < 4.78 is 0. The summed E-state index contributed by atoms with van der Waals surface area (Å²) in [6, 6.07) is 8.20. The summed E-state index contributed by atoms with van der Waals surface area (Å²) in [5.74, 6) is 0.330. The molecule has 1 aromatic carbocycles. The maximum absolute atomic E-state index is 11.4. The molecule has 0 radical (unpaired) electrons. The summed E-state index contributed by atoms with van der Waals surface area (Å²) >= 11 is 0. The molecule has 2 nitrogen and oxygen atoms in total. The van der Waals surface area contributed by atoms with Crippen LogP contribution in [0.3, 0.4) is 0 Å². The Labute approximate surface area is 97.9 Å². The molecule has 1 rings (SSSR count). The van der Waals surface area contributed by atoms with Crippen molar-refractivity contribution in [3.05, 3.63) is 35.4 Å². The van der Waals surface area contributed by atoms with Crippen molar-refractivity contribution < 1.29 is 4.79 Å². The van der Waals surface area contributed by atoms with Crippen LogP contribution in [0.5, 0.6) is 0 Å². The molecule has 0 saturated heterocycles. The molecule has 1 aromatic rings. The van der Waals surface area contributed by atoms with Crippen molar-refractivity contribution in [3.63, 3.8) is 0 Å². The van der Waals surface area contributed by atoms with Crippen LogP contribution in [-0.2, 0) is 4.79 Å². The van der Waals surface area contributed by atoms with Crippen molar-refractivity contribution in [2.24, 2.45) is 11.7 Å². The molecule has 0 aliphatic rings. The molecule has 2 heteroatoms. The van der Waals surface area contributed by atoms with E-state index in [9.17, 15) is 4.79 Å². The monoisotopic (exact) mass is 219 g/mol. The molecule has 16 heavy (non-hydrogen) atoms. The van der Waals surface area contributed by atoms with Gasteiger partial charge in [-0.1, -0.05) is 52.0 Å². The number of nitrogens with two attached hydrogens (primary N) is 1. The van der Waals surface area contributed by atoms with Crippen LogP contribution >= 0.6 is 0 Å². The van der Waals surface area contributed by atoms with E-state index < -0.39 is 0 Å². The van der Waals surface area contributed by atoms with E-state index in [1.165, 1.54) is 5.56 Å². The average Bonchev–Trinajstić information content (AvgIpc) is 2.17. The van der Waals surface area contributed by atoms with E-state index >= 15 is 0 Å². The van der Waals surface area contributed by atoms with Crippen LogP contribution in [0.15, 0.2) is 24.3 Å². The Balaban J connectivity index is 2.99. The summed E-state index contributed by atoms with van der Waals surface area (Å²) in [5.41, 5.74) is 7.74. The lowest BCUT2D eigenvalue weighted by atomic mass is 9.87. The highest BCUT2D eigenvalue weighted by atomic mass is 16.1. The third-order valence-electron chi connectivity index (χ3n) is 2.94. The Kier molecular flexibility index (Phi) is 4.11. The lowest BCUT2D eigenvalue weighted by Crippen LogP contribution is -2.25. The average molecular weight is 219 g/mol. The molecule has 0 bridgehead atoms. The minimum atomic E-state index is -0.243. The predicted octanol–water partition coefficient (Wildman–Crippen LogP) is 3.03. The van der Waals surface area contributed by atoms with Gasteiger partial charge in [-0.2, -0.15) is 0 Å². The number of amides is 1. The molecule has 1 atom stereocenters. The number of carbonyl (C=O) groups is 1. The summed E-state index contributed by atoms with van der Waals surface area (Å²) in [4.78, 5) is 11.4. The van der Waals surface area contributed by atoms with Gasteiger partial charge in [-0.3, -0.25) is 4.79 Å². The van der Waals surface area contributed by atoms with Crippen LogP contribution in [0.1, 0.15) is 50.7 Å². The van der Waals surface area contributed by atoms with E-state index in [4.69, 9.17) is 5.73 Å². The van der Waals surface area contributed by atoms with Crippen LogP contribution in [0, 0.1) is 5.92 Å². The van der Waals surface area contributed by atoms with Crippen molar-refractivity contribution in [2.75, 3.05) is 0 Å². The van der Waals surface area contributed by atoms with Gasteiger partial charge >= 0.3 is 0 Å². The van der Waals surface area contributed by atoms with Gasteiger partial charge in [-0.15, -0.1) is 0 Å². The normalized spacial score (nSPS) is 13.1. The summed E-state index contributed by atoms with van der Waals surface area (Å²) in [7, 11) is 0.